The van der Waals surface area contributed by atoms with Crippen molar-refractivity contribution in [3.63, 3.8) is 0 Å². The smallest absolute Gasteiger partial charge is 0.305 e. The summed E-state index contributed by atoms with van der Waals surface area (Å²) in [5.41, 5.74) is 20.9. The number of pyridine rings is 3. The first-order valence-corrected chi connectivity index (χ1v) is 26.3. The third-order valence-corrected chi connectivity index (χ3v) is 15.0. The number of benzene rings is 11. The molecule has 79 heavy (non-hydrogen) atoms. The van der Waals surface area contributed by atoms with Crippen molar-refractivity contribution in [2.75, 3.05) is 0 Å². The monoisotopic (exact) mass is 1180 g/mol. The van der Waals surface area contributed by atoms with Crippen molar-refractivity contribution in [2.24, 2.45) is 0 Å². The van der Waals surface area contributed by atoms with E-state index in [9.17, 15) is 0 Å². The van der Waals surface area contributed by atoms with E-state index in [2.05, 4.69) is 240 Å². The summed E-state index contributed by atoms with van der Waals surface area (Å²) in [6.07, 6.45) is 5.50. The van der Waals surface area contributed by atoms with Crippen LogP contribution < -0.4 is 0 Å². The third kappa shape index (κ3) is 9.34. The summed E-state index contributed by atoms with van der Waals surface area (Å²) in [7, 11) is 0. The summed E-state index contributed by atoms with van der Waals surface area (Å²) in [4.78, 5) is 14.0. The number of aromatic nitrogens is 3. The van der Waals surface area contributed by atoms with Crippen LogP contribution >= 0.6 is 0 Å². The largest absolute Gasteiger partial charge is 3.00 e. The maximum absolute atomic E-state index is 4.81. The van der Waals surface area contributed by atoms with Gasteiger partial charge in [-0.05, 0) is 131 Å². The number of rotatable bonds is 10. The zero-order valence-electron chi connectivity index (χ0n) is 42.7. The molecule has 0 unspecified atom stereocenters. The third-order valence-electron chi connectivity index (χ3n) is 15.0. The van der Waals surface area contributed by atoms with Crippen molar-refractivity contribution in [1.82, 2.24) is 15.0 Å². The topological polar surface area (TPSA) is 38.7 Å². The van der Waals surface area contributed by atoms with E-state index < -0.39 is 0 Å². The Labute approximate surface area is 473 Å². The van der Waals surface area contributed by atoms with Gasteiger partial charge in [0, 0.05) is 18.6 Å². The van der Waals surface area contributed by atoms with Crippen LogP contribution in [0.4, 0.5) is 0 Å². The molecule has 0 aliphatic heterocycles. The molecule has 0 atom stereocenters. The first kappa shape index (κ1) is 48.9. The summed E-state index contributed by atoms with van der Waals surface area (Å²) in [5, 5.41) is 7.44. The van der Waals surface area contributed by atoms with E-state index in [4.69, 9.17) is 4.98 Å². The fourth-order valence-electron chi connectivity index (χ4n) is 11.3. The van der Waals surface area contributed by atoms with Crippen LogP contribution in [0.15, 0.2) is 279 Å². The fourth-order valence-corrected chi connectivity index (χ4v) is 11.3. The number of fused-ring (bicyclic) bond motifs is 6. The molecule has 3 nitrogen and oxygen atoms in total. The predicted molar refractivity (Wildman–Crippen MR) is 323 cm³/mol. The molecular formula is C75H46IrN3. The van der Waals surface area contributed by atoms with Gasteiger partial charge in [-0.25, -0.2) is 0 Å². The van der Waals surface area contributed by atoms with Crippen LogP contribution in [0.5, 0.6) is 0 Å². The molecule has 0 radical (unpaired) electrons. The Hall–Kier alpha value is -9.70. The van der Waals surface area contributed by atoms with Crippen LogP contribution in [0.1, 0.15) is 0 Å². The molecule has 14 aromatic rings. The van der Waals surface area contributed by atoms with E-state index in [1.54, 1.807) is 0 Å². The van der Waals surface area contributed by atoms with E-state index in [1.165, 1.54) is 32.3 Å². The first-order valence-electron chi connectivity index (χ1n) is 26.3. The summed E-state index contributed by atoms with van der Waals surface area (Å²) in [6.45, 7) is 0. The average molecular weight is 1180 g/mol. The van der Waals surface area contributed by atoms with Crippen LogP contribution in [0.25, 0.3) is 144 Å². The van der Waals surface area contributed by atoms with Crippen LogP contribution in [-0.2, 0) is 20.1 Å². The molecule has 0 bridgehead atoms. The summed E-state index contributed by atoms with van der Waals surface area (Å²) in [5.74, 6) is 0. The van der Waals surface area contributed by atoms with Gasteiger partial charge in [0.05, 0.1) is 0 Å². The molecule has 370 valence electrons. The first-order chi connectivity index (χ1) is 38.7. The number of nitrogens with zero attached hydrogens (tertiary/aromatic N) is 3. The molecule has 0 N–H and O–H groups in total. The molecule has 4 heteroatoms. The SMILES string of the molecule is [Ir+3].[c-]1cc(-c2ccccc2-c2cc(-c3ccccc3-c3c[c-]c(-c4ccccn4)cc3)cc(-c3ccccc3-c3c[c-]c(-c4ccccn4)cc3-c3ccc4c5ccccc5c5ccccc5c4c3)c2)ccc1-c1ccccn1. The Morgan fingerprint density at radius 3 is 1.00 bits per heavy atom. The second-order valence-corrected chi connectivity index (χ2v) is 19.6. The molecular weight excluding hydrogens is 1140 g/mol. The molecule has 0 saturated heterocycles. The van der Waals surface area contributed by atoms with Crippen LogP contribution in [0, 0.1) is 18.2 Å². The molecule has 3 heterocycles. The van der Waals surface area contributed by atoms with Gasteiger partial charge in [-0.15, -0.1) is 83.4 Å². The van der Waals surface area contributed by atoms with Crippen molar-refractivity contribution >= 4 is 32.3 Å². The predicted octanol–water partition coefficient (Wildman–Crippen LogP) is 19.4. The number of hydrogen-bond donors (Lipinski definition) is 0. The second-order valence-electron chi connectivity index (χ2n) is 19.6. The van der Waals surface area contributed by atoms with Crippen LogP contribution in [0.2, 0.25) is 0 Å². The Kier molecular flexibility index (Phi) is 13.2. The summed E-state index contributed by atoms with van der Waals surface area (Å²) in [6, 6.07) is 104. The van der Waals surface area contributed by atoms with Gasteiger partial charge in [0.25, 0.3) is 0 Å². The Balaban J connectivity index is 0.00000591. The zero-order chi connectivity index (χ0) is 51.8. The quantitative estimate of drug-likeness (QED) is 0.101. The van der Waals surface area contributed by atoms with Crippen LogP contribution in [-0.4, -0.2) is 15.0 Å². The molecule has 0 fully saturated rings. The van der Waals surface area contributed by atoms with Crippen molar-refractivity contribution in [2.45, 2.75) is 0 Å². The Morgan fingerprint density at radius 1 is 0.215 bits per heavy atom. The fraction of sp³-hybridized carbons (Fsp3) is 0. The van der Waals surface area contributed by atoms with Crippen molar-refractivity contribution < 1.29 is 20.1 Å². The standard InChI is InChI=1S/C75H46N3.Ir/c1-3-19-61(59(17-1)50-30-34-52(35-31-50)73-27-11-14-42-76-73)56-45-57(62-20-4-2-18-60(62)51-32-36-53(37-33-51)74-28-12-15-43-77-74)47-58(46-56)63-21-5-6-22-64(63)69-41-39-55(75-29-13-16-44-78-75)49-71(69)54-38-40-70-67-25-8-7-23-65(67)66-24-9-10-26-68(66)72(70)48-54;/h1-34,36,38,40-49H;/q-3;+3. The van der Waals surface area contributed by atoms with Gasteiger partial charge in [-0.2, -0.15) is 0 Å². The molecule has 0 aliphatic carbocycles. The van der Waals surface area contributed by atoms with Crippen molar-refractivity contribution in [3.8, 4) is 112 Å². The van der Waals surface area contributed by atoms with E-state index in [0.717, 1.165) is 112 Å². The van der Waals surface area contributed by atoms with Crippen molar-refractivity contribution in [3.05, 3.63) is 298 Å². The maximum atomic E-state index is 4.81. The minimum atomic E-state index is 0. The summed E-state index contributed by atoms with van der Waals surface area (Å²) >= 11 is 0. The molecule has 0 aliphatic rings. The molecule has 3 aromatic heterocycles. The zero-order valence-corrected chi connectivity index (χ0v) is 45.1. The second kappa shape index (κ2) is 21.4. The van der Waals surface area contributed by atoms with Gasteiger partial charge in [-0.3, -0.25) is 0 Å². The van der Waals surface area contributed by atoms with Gasteiger partial charge in [0.15, 0.2) is 0 Å². The number of hydrogen-bond acceptors (Lipinski definition) is 3. The normalized spacial score (nSPS) is 11.2. The molecule has 0 saturated carbocycles. The van der Waals surface area contributed by atoms with E-state index in [1.807, 2.05) is 67.1 Å². The van der Waals surface area contributed by atoms with Gasteiger partial charge >= 0.3 is 20.1 Å². The molecule has 11 aromatic carbocycles. The van der Waals surface area contributed by atoms with Gasteiger partial charge in [0.1, 0.15) is 0 Å². The van der Waals surface area contributed by atoms with E-state index >= 15 is 0 Å². The minimum Gasteiger partial charge on any atom is -0.305 e. The van der Waals surface area contributed by atoms with Crippen LogP contribution in [0.3, 0.4) is 0 Å². The average Bonchev–Trinajstić information content (AvgIpc) is 3.56. The van der Waals surface area contributed by atoms with Gasteiger partial charge in [0.2, 0.25) is 0 Å². The minimum absolute atomic E-state index is 0. The van der Waals surface area contributed by atoms with Gasteiger partial charge in [-0.1, -0.05) is 209 Å². The van der Waals surface area contributed by atoms with Crippen molar-refractivity contribution in [1.29, 1.82) is 0 Å². The maximum Gasteiger partial charge on any atom is 3.00 e. The van der Waals surface area contributed by atoms with E-state index in [-0.39, 0.29) is 20.1 Å². The molecule has 0 spiro atoms. The van der Waals surface area contributed by atoms with Gasteiger partial charge < -0.3 is 15.0 Å². The Bertz CT molecular complexity index is 4340. The van der Waals surface area contributed by atoms with E-state index in [0.29, 0.717) is 0 Å². The summed E-state index contributed by atoms with van der Waals surface area (Å²) < 4.78 is 0. The molecule has 14 rings (SSSR count). The molecule has 0 amide bonds. The Morgan fingerprint density at radius 2 is 0.570 bits per heavy atom.